The Morgan fingerprint density at radius 2 is 1.76 bits per heavy atom. The van der Waals surface area contributed by atoms with Gasteiger partial charge >= 0.3 is 5.63 Å². The van der Waals surface area contributed by atoms with Crippen LogP contribution in [-0.4, -0.2) is 10.2 Å². The van der Waals surface area contributed by atoms with Crippen LogP contribution in [0.1, 0.15) is 0 Å². The highest BCUT2D eigenvalue weighted by Gasteiger charge is 2.06. The third-order valence-electron chi connectivity index (χ3n) is 2.66. The molecule has 0 unspecified atom stereocenters. The van der Waals surface area contributed by atoms with Crippen LogP contribution in [-0.2, 0) is 0 Å². The van der Waals surface area contributed by atoms with Gasteiger partial charge < -0.3 is 14.6 Å². The first-order chi connectivity index (χ1) is 8.13. The maximum atomic E-state index is 11.1. The van der Waals surface area contributed by atoms with Crippen molar-refractivity contribution in [2.24, 2.45) is 0 Å². The van der Waals surface area contributed by atoms with Crippen molar-refractivity contribution in [3.63, 3.8) is 0 Å². The first-order valence-corrected chi connectivity index (χ1v) is 5.03. The smallest absolute Gasteiger partial charge is 0.339 e. The fourth-order valence-corrected chi connectivity index (χ4v) is 1.88. The van der Waals surface area contributed by atoms with E-state index in [2.05, 4.69) is 0 Å². The van der Waals surface area contributed by atoms with Gasteiger partial charge in [-0.1, -0.05) is 6.07 Å². The molecule has 17 heavy (non-hydrogen) atoms. The Hall–Kier alpha value is -2.49. The topological polar surface area (TPSA) is 70.7 Å². The van der Waals surface area contributed by atoms with E-state index in [0.29, 0.717) is 11.0 Å². The molecule has 0 aliphatic heterocycles. The molecular weight excluding hydrogens is 220 g/mol. The van der Waals surface area contributed by atoms with Crippen LogP contribution in [0.25, 0.3) is 21.7 Å². The van der Waals surface area contributed by atoms with Crippen LogP contribution in [0.5, 0.6) is 11.5 Å². The Morgan fingerprint density at radius 1 is 0.941 bits per heavy atom. The SMILES string of the molecule is O=c1cc(O)c2cc3cc(O)ccc3cc2o1. The van der Waals surface area contributed by atoms with Crippen molar-refractivity contribution in [3.8, 4) is 11.5 Å². The Morgan fingerprint density at radius 3 is 2.59 bits per heavy atom. The van der Waals surface area contributed by atoms with Gasteiger partial charge in [0, 0.05) is 0 Å². The number of fused-ring (bicyclic) bond motifs is 2. The quantitative estimate of drug-likeness (QED) is 0.457. The van der Waals surface area contributed by atoms with Crippen LogP contribution in [0.3, 0.4) is 0 Å². The predicted octanol–water partition coefficient (Wildman–Crippen LogP) is 2.36. The van der Waals surface area contributed by atoms with E-state index in [0.717, 1.165) is 16.8 Å². The molecule has 0 radical (unpaired) electrons. The second kappa shape index (κ2) is 3.25. The molecule has 0 saturated carbocycles. The lowest BCUT2D eigenvalue weighted by molar-refractivity contribution is 0.468. The molecular formula is C13H8O4. The zero-order valence-electron chi connectivity index (χ0n) is 8.68. The van der Waals surface area contributed by atoms with Crippen LogP contribution in [0, 0.1) is 0 Å². The molecule has 0 saturated heterocycles. The zero-order valence-corrected chi connectivity index (χ0v) is 8.68. The van der Waals surface area contributed by atoms with Crippen molar-refractivity contribution in [3.05, 3.63) is 46.8 Å². The molecule has 3 rings (SSSR count). The van der Waals surface area contributed by atoms with Crippen molar-refractivity contribution < 1.29 is 14.6 Å². The molecule has 84 valence electrons. The Kier molecular flexibility index (Phi) is 1.86. The molecule has 0 amide bonds. The molecule has 4 nitrogen and oxygen atoms in total. The van der Waals surface area contributed by atoms with Crippen molar-refractivity contribution in [1.29, 1.82) is 0 Å². The van der Waals surface area contributed by atoms with Crippen molar-refractivity contribution >= 4 is 21.7 Å². The third kappa shape index (κ3) is 1.50. The normalized spacial score (nSPS) is 11.1. The van der Waals surface area contributed by atoms with E-state index < -0.39 is 5.63 Å². The molecule has 0 spiro atoms. The second-order valence-electron chi connectivity index (χ2n) is 3.83. The van der Waals surface area contributed by atoms with Gasteiger partial charge in [-0.25, -0.2) is 4.79 Å². The maximum absolute atomic E-state index is 11.1. The van der Waals surface area contributed by atoms with E-state index >= 15 is 0 Å². The summed E-state index contributed by atoms with van der Waals surface area (Å²) in [5.41, 5.74) is -0.263. The summed E-state index contributed by atoms with van der Waals surface area (Å²) in [5.74, 6) is 0.0233. The summed E-state index contributed by atoms with van der Waals surface area (Å²) in [4.78, 5) is 11.1. The highest BCUT2D eigenvalue weighted by molar-refractivity contribution is 5.98. The first kappa shape index (κ1) is 9.72. The number of phenolic OH excluding ortho intramolecular Hbond substituents is 1. The van der Waals surface area contributed by atoms with Gasteiger partial charge in [-0.3, -0.25) is 0 Å². The number of benzene rings is 2. The number of hydrogen-bond donors (Lipinski definition) is 2. The van der Waals surface area contributed by atoms with Gasteiger partial charge in [0.05, 0.1) is 11.5 Å². The minimum Gasteiger partial charge on any atom is -0.508 e. The maximum Gasteiger partial charge on any atom is 0.339 e. The molecule has 3 aromatic rings. The lowest BCUT2D eigenvalue weighted by Crippen LogP contribution is -1.95. The Bertz CT molecular complexity index is 786. The van der Waals surface area contributed by atoms with Gasteiger partial charge in [-0.05, 0) is 35.0 Å². The second-order valence-corrected chi connectivity index (χ2v) is 3.83. The van der Waals surface area contributed by atoms with Gasteiger partial charge in [0.15, 0.2) is 0 Å². The third-order valence-corrected chi connectivity index (χ3v) is 2.66. The van der Waals surface area contributed by atoms with Crippen molar-refractivity contribution in [2.75, 3.05) is 0 Å². The van der Waals surface area contributed by atoms with Crippen LogP contribution in [0.2, 0.25) is 0 Å². The van der Waals surface area contributed by atoms with Gasteiger partial charge in [0.1, 0.15) is 17.1 Å². The summed E-state index contributed by atoms with van der Waals surface area (Å²) in [7, 11) is 0. The molecule has 1 aromatic heterocycles. The van der Waals surface area contributed by atoms with E-state index in [1.54, 1.807) is 30.3 Å². The van der Waals surface area contributed by atoms with Crippen molar-refractivity contribution in [2.45, 2.75) is 0 Å². The molecule has 0 fully saturated rings. The minimum atomic E-state index is -0.590. The summed E-state index contributed by atoms with van der Waals surface area (Å²) >= 11 is 0. The Labute approximate surface area is 95.3 Å². The van der Waals surface area contributed by atoms with Gasteiger partial charge in [0.25, 0.3) is 0 Å². The molecule has 4 heteroatoms. The number of aromatic hydroxyl groups is 2. The van der Waals surface area contributed by atoms with E-state index in [9.17, 15) is 15.0 Å². The van der Waals surface area contributed by atoms with Crippen molar-refractivity contribution in [1.82, 2.24) is 0 Å². The summed E-state index contributed by atoms with van der Waals surface area (Å²) < 4.78 is 5.00. The van der Waals surface area contributed by atoms with E-state index in [-0.39, 0.29) is 11.5 Å². The highest BCUT2D eigenvalue weighted by atomic mass is 16.4. The van der Waals surface area contributed by atoms with E-state index in [4.69, 9.17) is 4.42 Å². The Balaban J connectivity index is 2.52. The average molecular weight is 228 g/mol. The van der Waals surface area contributed by atoms with Gasteiger partial charge in [0.2, 0.25) is 0 Å². The molecule has 1 heterocycles. The van der Waals surface area contributed by atoms with Crippen LogP contribution in [0.15, 0.2) is 45.6 Å². The van der Waals surface area contributed by atoms with Gasteiger partial charge in [-0.15, -0.1) is 0 Å². The summed E-state index contributed by atoms with van der Waals surface area (Å²) in [6, 6.07) is 9.20. The van der Waals surface area contributed by atoms with Crippen LogP contribution < -0.4 is 5.63 Å². The average Bonchev–Trinajstić information content (AvgIpc) is 2.27. The molecule has 2 aromatic carbocycles. The number of phenols is 1. The van der Waals surface area contributed by atoms with Crippen LogP contribution in [0.4, 0.5) is 0 Å². The monoisotopic (exact) mass is 228 g/mol. The zero-order chi connectivity index (χ0) is 12.0. The number of hydrogen-bond acceptors (Lipinski definition) is 4. The molecule has 0 bridgehead atoms. The summed E-state index contributed by atoms with van der Waals surface area (Å²) in [6.45, 7) is 0. The minimum absolute atomic E-state index is 0.124. The molecule has 0 aliphatic rings. The predicted molar refractivity (Wildman–Crippen MR) is 63.3 cm³/mol. The largest absolute Gasteiger partial charge is 0.508 e. The molecule has 0 atom stereocenters. The lowest BCUT2D eigenvalue weighted by Gasteiger charge is -2.03. The standard InChI is InChI=1S/C13H8O4/c14-9-2-1-7-5-12-10(4-8(7)3-9)11(15)6-13(16)17-12/h1-6,14-15H. The summed E-state index contributed by atoms with van der Waals surface area (Å²) in [6.07, 6.45) is 0. The van der Waals surface area contributed by atoms with E-state index in [1.165, 1.54) is 0 Å². The fourth-order valence-electron chi connectivity index (χ4n) is 1.88. The number of rotatable bonds is 0. The van der Waals surface area contributed by atoms with E-state index in [1.807, 2.05) is 0 Å². The lowest BCUT2D eigenvalue weighted by atomic mass is 10.1. The highest BCUT2D eigenvalue weighted by Crippen LogP contribution is 2.29. The fraction of sp³-hybridized carbons (Fsp3) is 0. The van der Waals surface area contributed by atoms with Crippen LogP contribution >= 0.6 is 0 Å². The van der Waals surface area contributed by atoms with Gasteiger partial charge in [-0.2, -0.15) is 0 Å². The molecule has 0 aliphatic carbocycles. The summed E-state index contributed by atoms with van der Waals surface area (Å²) in [5, 5.41) is 21.1. The first-order valence-electron chi connectivity index (χ1n) is 5.03. The molecule has 2 N–H and O–H groups in total.